The van der Waals surface area contributed by atoms with Gasteiger partial charge in [-0.05, 0) is 35.0 Å². The van der Waals surface area contributed by atoms with Gasteiger partial charge >= 0.3 is 0 Å². The van der Waals surface area contributed by atoms with Crippen LogP contribution in [0.1, 0.15) is 12.5 Å². The van der Waals surface area contributed by atoms with Crippen LogP contribution in [0.25, 0.3) is 0 Å². The minimum atomic E-state index is 0.534. The van der Waals surface area contributed by atoms with Crippen LogP contribution >= 0.6 is 23.4 Å². The third-order valence-electron chi connectivity index (χ3n) is 2.82. The molecule has 0 atom stereocenters. The minimum Gasteiger partial charge on any atom is -0.486 e. The summed E-state index contributed by atoms with van der Waals surface area (Å²) in [4.78, 5) is 0. The molecular formula is C12H13ClN4O2S. The quantitative estimate of drug-likeness (QED) is 0.808. The van der Waals surface area contributed by atoms with Crippen LogP contribution in [0.5, 0.6) is 11.5 Å². The van der Waals surface area contributed by atoms with E-state index in [4.69, 9.17) is 21.1 Å². The third kappa shape index (κ3) is 2.69. The molecule has 2 heterocycles. The lowest BCUT2D eigenvalue weighted by atomic mass is 10.2. The molecule has 1 aliphatic rings. The van der Waals surface area contributed by atoms with Crippen molar-refractivity contribution in [3.8, 4) is 11.5 Å². The summed E-state index contributed by atoms with van der Waals surface area (Å²) in [6, 6.07) is 3.84. The molecule has 0 fully saturated rings. The summed E-state index contributed by atoms with van der Waals surface area (Å²) < 4.78 is 12.8. The van der Waals surface area contributed by atoms with E-state index in [9.17, 15) is 0 Å². The number of aromatic nitrogens is 4. The molecule has 1 aromatic carbocycles. The summed E-state index contributed by atoms with van der Waals surface area (Å²) in [7, 11) is 0. The number of rotatable bonds is 4. The minimum absolute atomic E-state index is 0.534. The van der Waals surface area contributed by atoms with Crippen molar-refractivity contribution in [1.82, 2.24) is 20.2 Å². The molecule has 0 saturated carbocycles. The summed E-state index contributed by atoms with van der Waals surface area (Å²) in [5.41, 5.74) is 1.05. The lowest BCUT2D eigenvalue weighted by molar-refractivity contribution is 0.171. The lowest BCUT2D eigenvalue weighted by Gasteiger charge is -2.20. The highest BCUT2D eigenvalue weighted by Gasteiger charge is 2.17. The van der Waals surface area contributed by atoms with Crippen molar-refractivity contribution < 1.29 is 9.47 Å². The first-order valence-corrected chi connectivity index (χ1v) is 7.61. The highest BCUT2D eigenvalue weighted by Crippen LogP contribution is 2.39. The highest BCUT2D eigenvalue weighted by molar-refractivity contribution is 7.98. The largest absolute Gasteiger partial charge is 0.486 e. The molecule has 0 spiro atoms. The molecule has 3 rings (SSSR count). The molecule has 0 N–H and O–H groups in total. The number of halogens is 1. The zero-order valence-corrected chi connectivity index (χ0v) is 12.4. The number of tetrazole rings is 1. The van der Waals surface area contributed by atoms with Gasteiger partial charge in [0, 0.05) is 12.3 Å². The number of aryl methyl sites for hydroxylation is 1. The summed E-state index contributed by atoms with van der Waals surface area (Å²) in [6.45, 7) is 3.83. The Morgan fingerprint density at radius 2 is 2.20 bits per heavy atom. The van der Waals surface area contributed by atoms with Crippen LogP contribution in [0.15, 0.2) is 17.3 Å². The molecule has 0 aliphatic carbocycles. The topological polar surface area (TPSA) is 62.1 Å². The summed E-state index contributed by atoms with van der Waals surface area (Å²) in [5.74, 6) is 2.05. The SMILES string of the molecule is CCn1nnnc1SCc1cc(Cl)c2c(c1)OCCO2. The average Bonchev–Trinajstić information content (AvgIpc) is 2.93. The number of ether oxygens (including phenoxy) is 2. The molecule has 20 heavy (non-hydrogen) atoms. The monoisotopic (exact) mass is 312 g/mol. The van der Waals surface area contributed by atoms with Gasteiger partial charge in [-0.15, -0.1) is 5.10 Å². The van der Waals surface area contributed by atoms with E-state index in [0.29, 0.717) is 29.7 Å². The smallest absolute Gasteiger partial charge is 0.209 e. The van der Waals surface area contributed by atoms with Gasteiger partial charge in [-0.1, -0.05) is 23.4 Å². The molecule has 0 unspecified atom stereocenters. The van der Waals surface area contributed by atoms with E-state index in [2.05, 4.69) is 15.5 Å². The van der Waals surface area contributed by atoms with Crippen LogP contribution in [-0.4, -0.2) is 33.4 Å². The third-order valence-corrected chi connectivity index (χ3v) is 4.13. The van der Waals surface area contributed by atoms with Crippen molar-refractivity contribution in [3.05, 3.63) is 22.7 Å². The first-order valence-electron chi connectivity index (χ1n) is 6.25. The second kappa shape index (κ2) is 5.88. The zero-order valence-electron chi connectivity index (χ0n) is 10.9. The van der Waals surface area contributed by atoms with Crippen LogP contribution in [0.2, 0.25) is 5.02 Å². The number of hydrogen-bond donors (Lipinski definition) is 0. The fourth-order valence-corrected chi connectivity index (χ4v) is 3.05. The number of benzene rings is 1. The summed E-state index contributed by atoms with van der Waals surface area (Å²) >= 11 is 7.77. The van der Waals surface area contributed by atoms with Crippen LogP contribution in [0.3, 0.4) is 0 Å². The molecule has 0 bridgehead atoms. The van der Waals surface area contributed by atoms with Crippen molar-refractivity contribution in [2.24, 2.45) is 0 Å². The van der Waals surface area contributed by atoms with Gasteiger partial charge in [-0.25, -0.2) is 4.68 Å². The predicted molar refractivity (Wildman–Crippen MR) is 75.5 cm³/mol. The first kappa shape index (κ1) is 13.5. The van der Waals surface area contributed by atoms with Crippen molar-refractivity contribution in [3.63, 3.8) is 0 Å². The molecule has 0 radical (unpaired) electrons. The average molecular weight is 313 g/mol. The number of thioether (sulfide) groups is 1. The standard InChI is InChI=1S/C12H13ClN4O2S/c1-2-17-12(14-15-16-17)20-7-8-5-9(13)11-10(6-8)18-3-4-19-11/h5-6H,2-4,7H2,1H3. The van der Waals surface area contributed by atoms with Crippen molar-refractivity contribution in [2.75, 3.05) is 13.2 Å². The van der Waals surface area contributed by atoms with Gasteiger partial charge in [0.15, 0.2) is 11.5 Å². The van der Waals surface area contributed by atoms with Crippen molar-refractivity contribution >= 4 is 23.4 Å². The Labute approximate surface area is 125 Å². The molecular weight excluding hydrogens is 300 g/mol. The normalized spacial score (nSPS) is 13.5. The Balaban J connectivity index is 1.76. The van der Waals surface area contributed by atoms with Gasteiger partial charge in [0.1, 0.15) is 13.2 Å². The Morgan fingerprint density at radius 1 is 1.35 bits per heavy atom. The number of hydrogen-bond acceptors (Lipinski definition) is 6. The molecule has 0 saturated heterocycles. The van der Waals surface area contributed by atoms with Gasteiger partial charge < -0.3 is 9.47 Å². The van der Waals surface area contributed by atoms with E-state index in [0.717, 1.165) is 23.0 Å². The number of nitrogens with zero attached hydrogens (tertiary/aromatic N) is 4. The maximum atomic E-state index is 6.21. The molecule has 106 valence electrons. The molecule has 2 aromatic rings. The van der Waals surface area contributed by atoms with Crippen LogP contribution < -0.4 is 9.47 Å². The summed E-state index contributed by atoms with van der Waals surface area (Å²) in [5, 5.41) is 12.9. The maximum Gasteiger partial charge on any atom is 0.209 e. The molecule has 0 amide bonds. The van der Waals surface area contributed by atoms with Gasteiger partial charge in [0.05, 0.1) is 5.02 Å². The molecule has 1 aliphatic heterocycles. The predicted octanol–water partition coefficient (Wildman–Crippen LogP) is 2.41. The van der Waals surface area contributed by atoms with Gasteiger partial charge in [-0.3, -0.25) is 0 Å². The Morgan fingerprint density at radius 3 is 3.05 bits per heavy atom. The highest BCUT2D eigenvalue weighted by atomic mass is 35.5. The van der Waals surface area contributed by atoms with E-state index in [-0.39, 0.29) is 0 Å². The van der Waals surface area contributed by atoms with Gasteiger partial charge in [-0.2, -0.15) is 0 Å². The van der Waals surface area contributed by atoms with Crippen molar-refractivity contribution in [2.45, 2.75) is 24.4 Å². The molecule has 6 nitrogen and oxygen atoms in total. The maximum absolute atomic E-state index is 6.21. The molecule has 8 heteroatoms. The van der Waals surface area contributed by atoms with Crippen LogP contribution in [0.4, 0.5) is 0 Å². The Kier molecular flexibility index (Phi) is 3.98. The van der Waals surface area contributed by atoms with Gasteiger partial charge in [0.25, 0.3) is 0 Å². The fraction of sp³-hybridized carbons (Fsp3) is 0.417. The number of fused-ring (bicyclic) bond motifs is 1. The zero-order chi connectivity index (χ0) is 13.9. The van der Waals surface area contributed by atoms with E-state index >= 15 is 0 Å². The van der Waals surface area contributed by atoms with Crippen LogP contribution in [0, 0.1) is 0 Å². The fourth-order valence-electron chi connectivity index (χ4n) is 1.89. The molecule has 1 aromatic heterocycles. The second-order valence-corrected chi connectivity index (χ2v) is 5.52. The Hall–Kier alpha value is -1.47. The van der Waals surface area contributed by atoms with E-state index in [1.165, 1.54) is 0 Å². The second-order valence-electron chi connectivity index (χ2n) is 4.17. The van der Waals surface area contributed by atoms with E-state index < -0.39 is 0 Å². The lowest BCUT2D eigenvalue weighted by Crippen LogP contribution is -2.15. The van der Waals surface area contributed by atoms with E-state index in [1.54, 1.807) is 16.4 Å². The van der Waals surface area contributed by atoms with Crippen molar-refractivity contribution in [1.29, 1.82) is 0 Å². The first-order chi connectivity index (χ1) is 9.78. The summed E-state index contributed by atoms with van der Waals surface area (Å²) in [6.07, 6.45) is 0. The van der Waals surface area contributed by atoms with Gasteiger partial charge in [0.2, 0.25) is 5.16 Å². The van der Waals surface area contributed by atoms with E-state index in [1.807, 2.05) is 19.1 Å². The van der Waals surface area contributed by atoms with Crippen LogP contribution in [-0.2, 0) is 12.3 Å². The Bertz CT molecular complexity index is 619.